The van der Waals surface area contributed by atoms with Crippen LogP contribution in [0.5, 0.6) is 5.75 Å². The number of aryl methyl sites for hydroxylation is 1. The fourth-order valence-corrected chi connectivity index (χ4v) is 2.43. The van der Waals surface area contributed by atoms with Gasteiger partial charge < -0.3 is 10.4 Å². The van der Waals surface area contributed by atoms with Crippen molar-refractivity contribution in [3.05, 3.63) is 28.3 Å². The van der Waals surface area contributed by atoms with Crippen molar-refractivity contribution in [3.63, 3.8) is 0 Å². The van der Waals surface area contributed by atoms with Crippen molar-refractivity contribution in [2.45, 2.75) is 32.2 Å². The molecular formula is C12H16ClNO. The highest BCUT2D eigenvalue weighted by Crippen LogP contribution is 2.29. The molecule has 15 heavy (non-hydrogen) atoms. The van der Waals surface area contributed by atoms with Crippen LogP contribution in [0, 0.1) is 6.92 Å². The average Bonchev–Trinajstić information content (AvgIpc) is 2.66. The van der Waals surface area contributed by atoms with E-state index < -0.39 is 0 Å². The van der Waals surface area contributed by atoms with Crippen LogP contribution in [0.1, 0.15) is 24.0 Å². The summed E-state index contributed by atoms with van der Waals surface area (Å²) in [4.78, 5) is 0. The van der Waals surface area contributed by atoms with E-state index in [1.807, 2.05) is 19.1 Å². The first-order valence-electron chi connectivity index (χ1n) is 5.38. The number of hydrogen-bond donors (Lipinski definition) is 2. The van der Waals surface area contributed by atoms with Crippen LogP contribution in [-0.4, -0.2) is 17.7 Å². The fourth-order valence-electron chi connectivity index (χ4n) is 2.14. The zero-order valence-corrected chi connectivity index (χ0v) is 9.64. The normalized spacial score (nSPS) is 20.8. The topological polar surface area (TPSA) is 32.3 Å². The number of nitrogens with one attached hydrogen (secondary N) is 1. The molecule has 2 rings (SSSR count). The monoisotopic (exact) mass is 225 g/mol. The van der Waals surface area contributed by atoms with Gasteiger partial charge in [0.15, 0.2) is 0 Å². The van der Waals surface area contributed by atoms with Gasteiger partial charge in [0.25, 0.3) is 0 Å². The molecule has 1 unspecified atom stereocenters. The third kappa shape index (κ3) is 2.44. The predicted octanol–water partition coefficient (Wildman–Crippen LogP) is 2.65. The summed E-state index contributed by atoms with van der Waals surface area (Å²) in [7, 11) is 0. The van der Waals surface area contributed by atoms with E-state index in [2.05, 4.69) is 5.32 Å². The van der Waals surface area contributed by atoms with E-state index in [0.717, 1.165) is 18.5 Å². The van der Waals surface area contributed by atoms with Crippen LogP contribution in [0.3, 0.4) is 0 Å². The summed E-state index contributed by atoms with van der Waals surface area (Å²) in [6.45, 7) is 3.00. The van der Waals surface area contributed by atoms with E-state index in [4.69, 9.17) is 11.6 Å². The molecule has 1 aromatic carbocycles. The molecule has 1 atom stereocenters. The number of halogens is 1. The maximum absolute atomic E-state index is 9.54. The minimum atomic E-state index is 0.208. The van der Waals surface area contributed by atoms with Crippen molar-refractivity contribution in [2.75, 3.05) is 6.54 Å². The lowest BCUT2D eigenvalue weighted by Crippen LogP contribution is -2.23. The Morgan fingerprint density at radius 1 is 1.53 bits per heavy atom. The summed E-state index contributed by atoms with van der Waals surface area (Å²) >= 11 is 5.93. The number of phenols is 1. The van der Waals surface area contributed by atoms with Gasteiger partial charge in [0, 0.05) is 6.04 Å². The highest BCUT2D eigenvalue weighted by molar-refractivity contribution is 6.32. The molecule has 0 aliphatic carbocycles. The van der Waals surface area contributed by atoms with Gasteiger partial charge in [-0.2, -0.15) is 0 Å². The standard InChI is InChI=1S/C12H16ClNO/c1-8-5-9(7-11(13)12(8)15)6-10-3-2-4-14-10/h5,7,10,14-15H,2-4,6H2,1H3. The van der Waals surface area contributed by atoms with Crippen molar-refractivity contribution in [1.29, 1.82) is 0 Å². The van der Waals surface area contributed by atoms with E-state index in [9.17, 15) is 5.11 Å². The van der Waals surface area contributed by atoms with Gasteiger partial charge in [-0.3, -0.25) is 0 Å². The van der Waals surface area contributed by atoms with Gasteiger partial charge in [-0.15, -0.1) is 0 Å². The highest BCUT2D eigenvalue weighted by atomic mass is 35.5. The molecule has 1 saturated heterocycles. The second kappa shape index (κ2) is 4.42. The summed E-state index contributed by atoms with van der Waals surface area (Å²) in [5, 5.41) is 13.5. The third-order valence-electron chi connectivity index (χ3n) is 2.96. The van der Waals surface area contributed by atoms with Crippen LogP contribution in [-0.2, 0) is 6.42 Å². The maximum atomic E-state index is 9.54. The molecule has 0 aromatic heterocycles. The second-order valence-electron chi connectivity index (χ2n) is 4.24. The SMILES string of the molecule is Cc1cc(CC2CCCN2)cc(Cl)c1O. The Bertz CT molecular complexity index is 336. The Hall–Kier alpha value is -0.730. The molecule has 1 aliphatic rings. The molecule has 0 saturated carbocycles. The number of benzene rings is 1. The van der Waals surface area contributed by atoms with Gasteiger partial charge in [-0.05, 0) is 49.9 Å². The zero-order valence-electron chi connectivity index (χ0n) is 8.89. The van der Waals surface area contributed by atoms with Gasteiger partial charge >= 0.3 is 0 Å². The van der Waals surface area contributed by atoms with E-state index in [0.29, 0.717) is 11.1 Å². The van der Waals surface area contributed by atoms with Gasteiger partial charge in [0.1, 0.15) is 5.75 Å². The molecule has 1 aromatic rings. The molecule has 2 nitrogen and oxygen atoms in total. The van der Waals surface area contributed by atoms with Crippen LogP contribution in [0.25, 0.3) is 0 Å². The minimum absolute atomic E-state index is 0.208. The lowest BCUT2D eigenvalue weighted by atomic mass is 10.0. The first-order chi connectivity index (χ1) is 7.16. The first kappa shape index (κ1) is 10.8. The molecule has 2 N–H and O–H groups in total. The van der Waals surface area contributed by atoms with E-state index >= 15 is 0 Å². The Labute approximate surface area is 95.3 Å². The lowest BCUT2D eigenvalue weighted by Gasteiger charge is -2.12. The van der Waals surface area contributed by atoms with Crippen LogP contribution >= 0.6 is 11.6 Å². The van der Waals surface area contributed by atoms with Crippen molar-refractivity contribution >= 4 is 11.6 Å². The summed E-state index contributed by atoms with van der Waals surface area (Å²) < 4.78 is 0. The quantitative estimate of drug-likeness (QED) is 0.811. The predicted molar refractivity (Wildman–Crippen MR) is 62.6 cm³/mol. The lowest BCUT2D eigenvalue weighted by molar-refractivity contribution is 0.471. The molecule has 1 heterocycles. The Morgan fingerprint density at radius 2 is 2.33 bits per heavy atom. The van der Waals surface area contributed by atoms with Gasteiger partial charge in [-0.1, -0.05) is 17.7 Å². The number of hydrogen-bond acceptors (Lipinski definition) is 2. The van der Waals surface area contributed by atoms with Crippen molar-refractivity contribution < 1.29 is 5.11 Å². The number of rotatable bonds is 2. The third-order valence-corrected chi connectivity index (χ3v) is 3.25. The molecule has 1 fully saturated rings. The van der Waals surface area contributed by atoms with Crippen LogP contribution in [0.15, 0.2) is 12.1 Å². The summed E-state index contributed by atoms with van der Waals surface area (Å²) in [6.07, 6.45) is 3.49. The second-order valence-corrected chi connectivity index (χ2v) is 4.65. The van der Waals surface area contributed by atoms with Gasteiger partial charge in [0.05, 0.1) is 5.02 Å². The molecule has 3 heteroatoms. The average molecular weight is 226 g/mol. The molecular weight excluding hydrogens is 210 g/mol. The Kier molecular flexibility index (Phi) is 3.17. The van der Waals surface area contributed by atoms with Crippen molar-refractivity contribution in [2.24, 2.45) is 0 Å². The molecule has 0 bridgehead atoms. The Balaban J connectivity index is 2.14. The first-order valence-corrected chi connectivity index (χ1v) is 5.76. The van der Waals surface area contributed by atoms with Gasteiger partial charge in [-0.25, -0.2) is 0 Å². The van der Waals surface area contributed by atoms with E-state index in [1.165, 1.54) is 18.4 Å². The van der Waals surface area contributed by atoms with Crippen LogP contribution in [0.2, 0.25) is 5.02 Å². The summed E-state index contributed by atoms with van der Waals surface area (Å²) in [5.74, 6) is 0.208. The Morgan fingerprint density at radius 3 is 2.93 bits per heavy atom. The summed E-state index contributed by atoms with van der Waals surface area (Å²) in [5.41, 5.74) is 2.06. The largest absolute Gasteiger partial charge is 0.506 e. The maximum Gasteiger partial charge on any atom is 0.137 e. The fraction of sp³-hybridized carbons (Fsp3) is 0.500. The molecule has 82 valence electrons. The molecule has 1 aliphatic heterocycles. The molecule has 0 amide bonds. The van der Waals surface area contributed by atoms with Gasteiger partial charge in [0.2, 0.25) is 0 Å². The molecule has 0 radical (unpaired) electrons. The highest BCUT2D eigenvalue weighted by Gasteiger charge is 2.15. The van der Waals surface area contributed by atoms with E-state index in [-0.39, 0.29) is 5.75 Å². The number of aromatic hydroxyl groups is 1. The minimum Gasteiger partial charge on any atom is -0.506 e. The zero-order chi connectivity index (χ0) is 10.8. The van der Waals surface area contributed by atoms with Crippen LogP contribution in [0.4, 0.5) is 0 Å². The summed E-state index contributed by atoms with van der Waals surface area (Å²) in [6, 6.07) is 4.45. The van der Waals surface area contributed by atoms with Crippen molar-refractivity contribution in [1.82, 2.24) is 5.32 Å². The van der Waals surface area contributed by atoms with E-state index in [1.54, 1.807) is 0 Å². The van der Waals surface area contributed by atoms with Crippen LogP contribution < -0.4 is 5.32 Å². The molecule has 0 spiro atoms. The number of phenolic OH excluding ortho intramolecular Hbond substituents is 1. The smallest absolute Gasteiger partial charge is 0.137 e. The van der Waals surface area contributed by atoms with Crippen molar-refractivity contribution in [3.8, 4) is 5.75 Å².